The molecule has 0 atom stereocenters. The highest BCUT2D eigenvalue weighted by molar-refractivity contribution is 5.85. The first-order chi connectivity index (χ1) is 4.77. The summed E-state index contributed by atoms with van der Waals surface area (Å²) in [5, 5.41) is 5.73. The molecule has 0 aromatic carbocycles. The minimum atomic E-state index is 0. The van der Waals surface area contributed by atoms with E-state index in [1.54, 1.807) is 6.08 Å². The molecule has 0 aromatic heterocycles. The Bertz CT molecular complexity index is 117. The van der Waals surface area contributed by atoms with Crippen LogP contribution in [0.3, 0.4) is 0 Å². The predicted molar refractivity (Wildman–Crippen MR) is 49.0 cm³/mol. The van der Waals surface area contributed by atoms with Gasteiger partial charge in [-0.05, 0) is 0 Å². The van der Waals surface area contributed by atoms with Gasteiger partial charge in [-0.1, -0.05) is 6.08 Å². The first-order valence-electron chi connectivity index (χ1n) is 3.33. The van der Waals surface area contributed by atoms with Gasteiger partial charge in [0, 0.05) is 26.6 Å². The summed E-state index contributed by atoms with van der Waals surface area (Å²) in [4.78, 5) is 10.3. The van der Waals surface area contributed by atoms with Crippen LogP contribution in [-0.2, 0) is 4.79 Å². The van der Waals surface area contributed by atoms with Gasteiger partial charge in [-0.25, -0.2) is 0 Å². The van der Waals surface area contributed by atoms with Crippen molar-refractivity contribution in [2.24, 2.45) is 0 Å². The first kappa shape index (κ1) is 13.1. The molecule has 2 N–H and O–H groups in total. The first-order valence-corrected chi connectivity index (χ1v) is 3.33. The van der Waals surface area contributed by atoms with Crippen molar-refractivity contribution in [3.8, 4) is 0 Å². The summed E-state index contributed by atoms with van der Waals surface area (Å²) in [7, 11) is 0. The number of carbonyl (C=O) groups excluding carboxylic acids is 1. The maximum Gasteiger partial charge on any atom is 0.216 e. The zero-order valence-corrected chi connectivity index (χ0v) is 7.54. The van der Waals surface area contributed by atoms with Crippen molar-refractivity contribution in [2.45, 2.75) is 6.92 Å². The van der Waals surface area contributed by atoms with E-state index in [-0.39, 0.29) is 18.3 Å². The molecular formula is C7H15ClN2O. The Hall–Kier alpha value is -0.540. The molecule has 66 valence electrons. The maximum absolute atomic E-state index is 10.3. The molecule has 0 aliphatic carbocycles. The van der Waals surface area contributed by atoms with Gasteiger partial charge in [0.05, 0.1) is 0 Å². The number of hydrogen-bond acceptors (Lipinski definition) is 2. The number of amides is 1. The number of hydrogen-bond donors (Lipinski definition) is 2. The molecule has 0 spiro atoms. The van der Waals surface area contributed by atoms with Crippen molar-refractivity contribution in [3.05, 3.63) is 12.7 Å². The molecule has 0 heterocycles. The third-order valence-electron chi connectivity index (χ3n) is 0.964. The van der Waals surface area contributed by atoms with E-state index in [0.717, 1.165) is 13.1 Å². The summed E-state index contributed by atoms with van der Waals surface area (Å²) in [6, 6.07) is 0. The van der Waals surface area contributed by atoms with Gasteiger partial charge < -0.3 is 10.6 Å². The largest absolute Gasteiger partial charge is 0.355 e. The lowest BCUT2D eigenvalue weighted by atomic mass is 10.5. The topological polar surface area (TPSA) is 41.1 Å². The number of nitrogens with one attached hydrogen (secondary N) is 2. The molecule has 1 amide bonds. The highest BCUT2D eigenvalue weighted by atomic mass is 35.5. The summed E-state index contributed by atoms with van der Waals surface area (Å²) < 4.78 is 0. The Balaban J connectivity index is 0. The second-order valence-corrected chi connectivity index (χ2v) is 1.98. The molecule has 0 rings (SSSR count). The van der Waals surface area contributed by atoms with Gasteiger partial charge in [0.25, 0.3) is 0 Å². The highest BCUT2D eigenvalue weighted by Gasteiger charge is 1.87. The fraction of sp³-hybridized carbons (Fsp3) is 0.571. The standard InChI is InChI=1S/C7H14N2O.ClH/c1-3-4-8-5-6-9-7(2)10;/h3,8H,1,4-6H2,2H3,(H,9,10);1H. The van der Waals surface area contributed by atoms with Crippen LogP contribution in [0.4, 0.5) is 0 Å². The van der Waals surface area contributed by atoms with Crippen molar-refractivity contribution in [2.75, 3.05) is 19.6 Å². The molecule has 0 saturated carbocycles. The van der Waals surface area contributed by atoms with Crippen molar-refractivity contribution < 1.29 is 4.79 Å². The average Bonchev–Trinajstić information content (AvgIpc) is 1.87. The molecule has 0 aliphatic heterocycles. The number of rotatable bonds is 5. The maximum atomic E-state index is 10.3. The summed E-state index contributed by atoms with van der Waals surface area (Å²) in [5.74, 6) is 0.0143. The quantitative estimate of drug-likeness (QED) is 0.471. The van der Waals surface area contributed by atoms with Crippen LogP contribution in [0.25, 0.3) is 0 Å². The van der Waals surface area contributed by atoms with Crippen LogP contribution < -0.4 is 10.6 Å². The summed E-state index contributed by atoms with van der Waals surface area (Å²) in [5.41, 5.74) is 0. The van der Waals surface area contributed by atoms with Crippen LogP contribution in [0.1, 0.15) is 6.92 Å². The Kier molecular flexibility index (Phi) is 11.2. The van der Waals surface area contributed by atoms with Crippen molar-refractivity contribution in [3.63, 3.8) is 0 Å². The Morgan fingerprint density at radius 3 is 2.64 bits per heavy atom. The third-order valence-corrected chi connectivity index (χ3v) is 0.964. The summed E-state index contributed by atoms with van der Waals surface area (Å²) in [6.07, 6.45) is 1.79. The Morgan fingerprint density at radius 1 is 1.55 bits per heavy atom. The Labute approximate surface area is 73.7 Å². The molecule has 0 bridgehead atoms. The van der Waals surface area contributed by atoms with E-state index in [1.165, 1.54) is 6.92 Å². The molecule has 0 aromatic rings. The smallest absolute Gasteiger partial charge is 0.216 e. The predicted octanol–water partition coefficient (Wildman–Crippen LogP) is 0.320. The van der Waals surface area contributed by atoms with Crippen molar-refractivity contribution in [1.29, 1.82) is 0 Å². The number of carbonyl (C=O) groups is 1. The van der Waals surface area contributed by atoms with Crippen LogP contribution in [0.5, 0.6) is 0 Å². The van der Waals surface area contributed by atoms with E-state index in [1.807, 2.05) is 0 Å². The average molecular weight is 179 g/mol. The molecule has 0 radical (unpaired) electrons. The summed E-state index contributed by atoms with van der Waals surface area (Å²) >= 11 is 0. The highest BCUT2D eigenvalue weighted by Crippen LogP contribution is 1.62. The van der Waals surface area contributed by atoms with Crippen LogP contribution >= 0.6 is 12.4 Å². The van der Waals surface area contributed by atoms with Gasteiger partial charge in [0.1, 0.15) is 0 Å². The normalized spacial score (nSPS) is 8.09. The minimum absolute atomic E-state index is 0. The van der Waals surface area contributed by atoms with Gasteiger partial charge >= 0.3 is 0 Å². The molecule has 0 unspecified atom stereocenters. The van der Waals surface area contributed by atoms with Gasteiger partial charge in [0.2, 0.25) is 5.91 Å². The van der Waals surface area contributed by atoms with E-state index in [0.29, 0.717) is 6.54 Å². The van der Waals surface area contributed by atoms with E-state index >= 15 is 0 Å². The van der Waals surface area contributed by atoms with Gasteiger partial charge in [0.15, 0.2) is 0 Å². The third kappa shape index (κ3) is 12.6. The van der Waals surface area contributed by atoms with Crippen LogP contribution in [0.2, 0.25) is 0 Å². The van der Waals surface area contributed by atoms with Crippen molar-refractivity contribution >= 4 is 18.3 Å². The molecular weight excluding hydrogens is 164 g/mol. The number of halogens is 1. The van der Waals surface area contributed by atoms with Crippen molar-refractivity contribution in [1.82, 2.24) is 10.6 Å². The molecule has 0 saturated heterocycles. The van der Waals surface area contributed by atoms with Gasteiger partial charge in [-0.3, -0.25) is 4.79 Å². The van der Waals surface area contributed by atoms with Gasteiger partial charge in [-0.15, -0.1) is 19.0 Å². The summed E-state index contributed by atoms with van der Waals surface area (Å²) in [6.45, 7) is 7.32. The molecule has 4 heteroatoms. The fourth-order valence-corrected chi connectivity index (χ4v) is 0.531. The monoisotopic (exact) mass is 178 g/mol. The molecule has 0 fully saturated rings. The lowest BCUT2D eigenvalue weighted by Gasteiger charge is -2.01. The van der Waals surface area contributed by atoms with E-state index in [4.69, 9.17) is 0 Å². The zero-order valence-electron chi connectivity index (χ0n) is 6.72. The SMILES string of the molecule is C=CCNCCNC(C)=O.Cl. The second-order valence-electron chi connectivity index (χ2n) is 1.98. The second kappa shape index (κ2) is 9.46. The van der Waals surface area contributed by atoms with E-state index < -0.39 is 0 Å². The van der Waals surface area contributed by atoms with Crippen LogP contribution in [0.15, 0.2) is 12.7 Å². The fourth-order valence-electron chi connectivity index (χ4n) is 0.531. The zero-order chi connectivity index (χ0) is 7.82. The molecule has 0 aliphatic rings. The van der Waals surface area contributed by atoms with Crippen LogP contribution in [0, 0.1) is 0 Å². The van der Waals surface area contributed by atoms with Crippen LogP contribution in [-0.4, -0.2) is 25.5 Å². The molecule has 11 heavy (non-hydrogen) atoms. The van der Waals surface area contributed by atoms with E-state index in [2.05, 4.69) is 17.2 Å². The lowest BCUT2D eigenvalue weighted by Crippen LogP contribution is -2.30. The molecule has 3 nitrogen and oxygen atoms in total. The van der Waals surface area contributed by atoms with Gasteiger partial charge in [-0.2, -0.15) is 0 Å². The van der Waals surface area contributed by atoms with E-state index in [9.17, 15) is 4.79 Å². The lowest BCUT2D eigenvalue weighted by molar-refractivity contribution is -0.118. The Morgan fingerprint density at radius 2 is 2.18 bits per heavy atom. The minimum Gasteiger partial charge on any atom is -0.355 e.